The molecule has 16 heavy (non-hydrogen) atoms. The van der Waals surface area contributed by atoms with Crippen molar-refractivity contribution in [3.8, 4) is 5.75 Å². The molecule has 1 heterocycles. The van der Waals surface area contributed by atoms with E-state index >= 15 is 0 Å². The molecular formula is C13H18ClNO. The minimum atomic E-state index is 0.615. The second-order valence-electron chi connectivity index (χ2n) is 4.47. The van der Waals surface area contributed by atoms with Crippen LogP contribution in [-0.4, -0.2) is 20.2 Å². The number of methoxy groups -OCH3 is 1. The molecule has 3 heteroatoms. The molecule has 1 aliphatic rings. The highest BCUT2D eigenvalue weighted by Crippen LogP contribution is 2.34. The molecule has 2 atom stereocenters. The van der Waals surface area contributed by atoms with E-state index in [0.29, 0.717) is 16.9 Å². The Morgan fingerprint density at radius 1 is 1.44 bits per heavy atom. The Bertz CT molecular complexity index is 367. The lowest BCUT2D eigenvalue weighted by atomic mass is 9.82. The fraction of sp³-hybridized carbons (Fsp3) is 0.538. The number of piperidine rings is 1. The molecule has 1 fully saturated rings. The standard InChI is InChI=1S/C13H18ClNO/c1-9-8-15-6-5-11(9)10-3-4-13(16-2)12(14)7-10/h3-4,7,9,11,15H,5-6,8H2,1-2H3. The molecule has 0 saturated carbocycles. The summed E-state index contributed by atoms with van der Waals surface area (Å²) in [7, 11) is 1.65. The summed E-state index contributed by atoms with van der Waals surface area (Å²) in [5.74, 6) is 2.04. The van der Waals surface area contributed by atoms with Crippen LogP contribution in [0.2, 0.25) is 5.02 Å². The van der Waals surface area contributed by atoms with Crippen LogP contribution in [0.25, 0.3) is 0 Å². The fourth-order valence-corrected chi connectivity index (χ4v) is 2.69. The molecule has 2 unspecified atom stereocenters. The third-order valence-electron chi connectivity index (χ3n) is 3.39. The van der Waals surface area contributed by atoms with Gasteiger partial charge in [-0.05, 0) is 49.0 Å². The first-order valence-corrected chi connectivity index (χ1v) is 6.14. The van der Waals surface area contributed by atoms with Crippen LogP contribution in [-0.2, 0) is 0 Å². The van der Waals surface area contributed by atoms with E-state index in [9.17, 15) is 0 Å². The lowest BCUT2D eigenvalue weighted by Gasteiger charge is -2.30. The van der Waals surface area contributed by atoms with Crippen LogP contribution in [0.15, 0.2) is 18.2 Å². The normalized spacial score (nSPS) is 25.4. The number of rotatable bonds is 2. The van der Waals surface area contributed by atoms with E-state index < -0.39 is 0 Å². The highest BCUT2D eigenvalue weighted by atomic mass is 35.5. The predicted molar refractivity (Wildman–Crippen MR) is 67.4 cm³/mol. The number of hydrogen-bond acceptors (Lipinski definition) is 2. The van der Waals surface area contributed by atoms with Crippen LogP contribution >= 0.6 is 11.6 Å². The van der Waals surface area contributed by atoms with Crippen LogP contribution in [0.3, 0.4) is 0 Å². The lowest BCUT2D eigenvalue weighted by molar-refractivity contribution is 0.349. The molecule has 2 rings (SSSR count). The third kappa shape index (κ3) is 2.33. The highest BCUT2D eigenvalue weighted by Gasteiger charge is 2.23. The Balaban J connectivity index is 2.22. The van der Waals surface area contributed by atoms with Gasteiger partial charge >= 0.3 is 0 Å². The first-order chi connectivity index (χ1) is 7.72. The molecule has 2 nitrogen and oxygen atoms in total. The summed E-state index contributed by atoms with van der Waals surface area (Å²) in [5, 5.41) is 4.13. The van der Waals surface area contributed by atoms with Gasteiger partial charge in [0.25, 0.3) is 0 Å². The number of nitrogens with one attached hydrogen (secondary N) is 1. The van der Waals surface area contributed by atoms with Crippen molar-refractivity contribution in [1.29, 1.82) is 0 Å². The van der Waals surface area contributed by atoms with Gasteiger partial charge in [-0.2, -0.15) is 0 Å². The zero-order chi connectivity index (χ0) is 11.5. The van der Waals surface area contributed by atoms with Gasteiger partial charge in [0.2, 0.25) is 0 Å². The predicted octanol–water partition coefficient (Wildman–Crippen LogP) is 3.06. The van der Waals surface area contributed by atoms with Gasteiger partial charge in [-0.3, -0.25) is 0 Å². The van der Waals surface area contributed by atoms with Gasteiger partial charge in [0, 0.05) is 0 Å². The number of halogens is 1. The largest absolute Gasteiger partial charge is 0.495 e. The summed E-state index contributed by atoms with van der Waals surface area (Å²) >= 11 is 6.16. The van der Waals surface area contributed by atoms with Gasteiger partial charge in [0.05, 0.1) is 12.1 Å². The van der Waals surface area contributed by atoms with E-state index in [1.807, 2.05) is 12.1 Å². The molecule has 1 N–H and O–H groups in total. The number of hydrogen-bond donors (Lipinski definition) is 1. The van der Waals surface area contributed by atoms with E-state index in [4.69, 9.17) is 16.3 Å². The molecule has 0 spiro atoms. The Labute approximate surface area is 102 Å². The van der Waals surface area contributed by atoms with Crippen LogP contribution in [0.5, 0.6) is 5.75 Å². The van der Waals surface area contributed by atoms with E-state index in [2.05, 4.69) is 18.3 Å². The maximum Gasteiger partial charge on any atom is 0.137 e. The molecular weight excluding hydrogens is 222 g/mol. The zero-order valence-electron chi connectivity index (χ0n) is 9.79. The van der Waals surface area contributed by atoms with Gasteiger partial charge in [-0.1, -0.05) is 24.6 Å². The van der Waals surface area contributed by atoms with Gasteiger partial charge in [0.1, 0.15) is 5.75 Å². The zero-order valence-corrected chi connectivity index (χ0v) is 10.6. The van der Waals surface area contributed by atoms with E-state index in [0.717, 1.165) is 18.8 Å². The Kier molecular flexibility index (Phi) is 3.72. The van der Waals surface area contributed by atoms with Crippen LogP contribution in [0, 0.1) is 5.92 Å². The molecule has 0 aromatic heterocycles. The van der Waals surface area contributed by atoms with Gasteiger partial charge in [0.15, 0.2) is 0 Å². The smallest absolute Gasteiger partial charge is 0.137 e. The SMILES string of the molecule is COc1ccc(C2CCNCC2C)cc1Cl. The Morgan fingerprint density at radius 2 is 2.25 bits per heavy atom. The van der Waals surface area contributed by atoms with E-state index in [1.54, 1.807) is 7.11 Å². The maximum atomic E-state index is 6.16. The summed E-state index contributed by atoms with van der Waals surface area (Å²) in [4.78, 5) is 0. The molecule has 1 aliphatic heterocycles. The van der Waals surface area contributed by atoms with Crippen molar-refractivity contribution in [3.05, 3.63) is 28.8 Å². The average Bonchev–Trinajstić information content (AvgIpc) is 2.29. The van der Waals surface area contributed by atoms with Gasteiger partial charge in [-0.15, -0.1) is 0 Å². The molecule has 0 bridgehead atoms. The number of benzene rings is 1. The minimum absolute atomic E-state index is 0.615. The van der Waals surface area contributed by atoms with Gasteiger partial charge < -0.3 is 10.1 Å². The summed E-state index contributed by atoms with van der Waals surface area (Å²) < 4.78 is 5.17. The Morgan fingerprint density at radius 3 is 2.88 bits per heavy atom. The minimum Gasteiger partial charge on any atom is -0.495 e. The summed E-state index contributed by atoms with van der Waals surface area (Å²) in [6.07, 6.45) is 1.18. The van der Waals surface area contributed by atoms with Crippen LogP contribution in [0.1, 0.15) is 24.8 Å². The monoisotopic (exact) mass is 239 g/mol. The lowest BCUT2D eigenvalue weighted by Crippen LogP contribution is -2.33. The van der Waals surface area contributed by atoms with Crippen molar-refractivity contribution in [2.45, 2.75) is 19.3 Å². The van der Waals surface area contributed by atoms with Crippen molar-refractivity contribution in [3.63, 3.8) is 0 Å². The molecule has 0 radical (unpaired) electrons. The first-order valence-electron chi connectivity index (χ1n) is 5.76. The quantitative estimate of drug-likeness (QED) is 0.857. The molecule has 1 saturated heterocycles. The Hall–Kier alpha value is -0.730. The van der Waals surface area contributed by atoms with Gasteiger partial charge in [-0.25, -0.2) is 0 Å². The van der Waals surface area contributed by atoms with Crippen LogP contribution in [0.4, 0.5) is 0 Å². The second-order valence-corrected chi connectivity index (χ2v) is 4.88. The second kappa shape index (κ2) is 5.07. The molecule has 88 valence electrons. The summed E-state index contributed by atoms with van der Waals surface area (Å²) in [6.45, 7) is 4.47. The van der Waals surface area contributed by atoms with Crippen molar-refractivity contribution < 1.29 is 4.74 Å². The summed E-state index contributed by atoms with van der Waals surface area (Å²) in [5.41, 5.74) is 1.33. The van der Waals surface area contributed by atoms with Crippen molar-refractivity contribution in [1.82, 2.24) is 5.32 Å². The van der Waals surface area contributed by atoms with E-state index in [-0.39, 0.29) is 0 Å². The van der Waals surface area contributed by atoms with Crippen molar-refractivity contribution in [2.24, 2.45) is 5.92 Å². The topological polar surface area (TPSA) is 21.3 Å². The number of ether oxygens (including phenoxy) is 1. The maximum absolute atomic E-state index is 6.16. The van der Waals surface area contributed by atoms with Crippen LogP contribution < -0.4 is 10.1 Å². The molecule has 1 aromatic rings. The van der Waals surface area contributed by atoms with E-state index in [1.165, 1.54) is 12.0 Å². The van der Waals surface area contributed by atoms with Crippen molar-refractivity contribution in [2.75, 3.05) is 20.2 Å². The first kappa shape index (κ1) is 11.7. The fourth-order valence-electron chi connectivity index (χ4n) is 2.42. The molecule has 1 aromatic carbocycles. The molecule has 0 amide bonds. The molecule has 0 aliphatic carbocycles. The average molecular weight is 240 g/mol. The third-order valence-corrected chi connectivity index (χ3v) is 3.68. The highest BCUT2D eigenvalue weighted by molar-refractivity contribution is 6.32. The van der Waals surface area contributed by atoms with Crippen molar-refractivity contribution >= 4 is 11.6 Å². The summed E-state index contributed by atoms with van der Waals surface area (Å²) in [6, 6.07) is 6.15.